The van der Waals surface area contributed by atoms with Gasteiger partial charge in [0.15, 0.2) is 5.13 Å². The van der Waals surface area contributed by atoms with Crippen LogP contribution in [0.25, 0.3) is 15.8 Å². The van der Waals surface area contributed by atoms with Crippen molar-refractivity contribution in [1.82, 2.24) is 15.2 Å². The van der Waals surface area contributed by atoms with Crippen LogP contribution in [0.5, 0.6) is 0 Å². The number of aliphatic imine (C=N–C) groups is 1. The molecule has 216 valence electrons. The van der Waals surface area contributed by atoms with Gasteiger partial charge in [-0.3, -0.25) is 10.1 Å². The third-order valence-electron chi connectivity index (χ3n) is 6.63. The van der Waals surface area contributed by atoms with Gasteiger partial charge >= 0.3 is 12.0 Å². The molecular formula is C27H37N7O5S. The molecule has 3 rings (SSSR count). The summed E-state index contributed by atoms with van der Waals surface area (Å²) < 4.78 is 5.83. The predicted octanol–water partition coefficient (Wildman–Crippen LogP) is 3.85. The number of ether oxygens (including phenoxy) is 1. The summed E-state index contributed by atoms with van der Waals surface area (Å²) in [4.78, 5) is 40.2. The number of carbonyl (C=O) groups is 2. The number of anilines is 1. The van der Waals surface area contributed by atoms with Crippen LogP contribution in [-0.2, 0) is 14.4 Å². The lowest BCUT2D eigenvalue weighted by Gasteiger charge is -2.37. The molecule has 1 aromatic heterocycles. The number of likely N-dealkylation sites (tertiary alicyclic amines) is 1. The number of carboxylic acids is 1. The first kappa shape index (κ1) is 30.6. The number of hydrogen-bond acceptors (Lipinski definition) is 10. The number of rotatable bonds is 12. The Kier molecular flexibility index (Phi) is 10.6. The Morgan fingerprint density at radius 3 is 2.67 bits per heavy atom. The Balaban J connectivity index is 1.89. The van der Waals surface area contributed by atoms with Gasteiger partial charge in [-0.25, -0.2) is 14.8 Å². The van der Waals surface area contributed by atoms with Crippen molar-refractivity contribution in [3.63, 3.8) is 0 Å². The minimum Gasteiger partial charge on any atom is -0.481 e. The molecule has 0 atom stereocenters. The van der Waals surface area contributed by atoms with Crippen molar-refractivity contribution in [2.45, 2.75) is 33.6 Å². The number of benzene rings is 1. The molecule has 5 N–H and O–H groups in total. The van der Waals surface area contributed by atoms with E-state index in [0.29, 0.717) is 73.4 Å². The molecule has 0 aliphatic carbocycles. The van der Waals surface area contributed by atoms with Crippen molar-refractivity contribution in [1.29, 1.82) is 0 Å². The summed E-state index contributed by atoms with van der Waals surface area (Å²) in [6, 6.07) is 3.44. The lowest BCUT2D eigenvalue weighted by Crippen LogP contribution is -2.41. The lowest BCUT2D eigenvalue weighted by molar-refractivity contribution is -0.150. The van der Waals surface area contributed by atoms with Gasteiger partial charge in [-0.2, -0.15) is 0 Å². The number of methoxy groups -OCH3 is 1. The summed E-state index contributed by atoms with van der Waals surface area (Å²) in [7, 11) is 1.59. The number of aromatic nitrogens is 1. The molecule has 0 bridgehead atoms. The number of nitrogens with one attached hydrogen (secondary N) is 2. The molecule has 1 saturated heterocycles. The summed E-state index contributed by atoms with van der Waals surface area (Å²) in [5.41, 5.74) is 8.66. The SMILES string of the molecule is C=C(/N=C\C(=C/N)c1cc(/C(C)=N/OCCOC)c2sc(NC(=O)NCC)nc2c1)N1CCC(C)(C(=O)O)CC1. The van der Waals surface area contributed by atoms with Crippen LogP contribution in [0.15, 0.2) is 40.9 Å². The molecule has 2 amide bonds. The van der Waals surface area contributed by atoms with Crippen molar-refractivity contribution in [2.24, 2.45) is 21.3 Å². The van der Waals surface area contributed by atoms with E-state index in [4.69, 9.17) is 15.3 Å². The quantitative estimate of drug-likeness (QED) is 0.169. The number of carboxylic acid groups (broad SMARTS) is 1. The molecule has 13 heteroatoms. The molecule has 0 spiro atoms. The highest BCUT2D eigenvalue weighted by Gasteiger charge is 2.37. The molecule has 1 fully saturated rings. The Bertz CT molecular complexity index is 1330. The number of amides is 2. The van der Waals surface area contributed by atoms with Crippen LogP contribution in [-0.4, -0.2) is 78.9 Å². The Labute approximate surface area is 237 Å². The van der Waals surface area contributed by atoms with Crippen LogP contribution in [0.2, 0.25) is 0 Å². The van der Waals surface area contributed by atoms with Crippen molar-refractivity contribution in [2.75, 3.05) is 45.3 Å². The van der Waals surface area contributed by atoms with Crippen LogP contribution < -0.4 is 16.4 Å². The van der Waals surface area contributed by atoms with E-state index in [1.54, 1.807) is 20.2 Å². The summed E-state index contributed by atoms with van der Waals surface area (Å²) in [5, 5.41) is 19.6. The van der Waals surface area contributed by atoms with Gasteiger partial charge in [0.1, 0.15) is 12.4 Å². The molecule has 1 aliphatic heterocycles. The van der Waals surface area contributed by atoms with Crippen molar-refractivity contribution in [3.8, 4) is 0 Å². The summed E-state index contributed by atoms with van der Waals surface area (Å²) in [6.45, 7) is 11.8. The molecule has 0 radical (unpaired) electrons. The van der Waals surface area contributed by atoms with E-state index in [-0.39, 0.29) is 6.03 Å². The Hall–Kier alpha value is -3.97. The van der Waals surface area contributed by atoms with E-state index in [9.17, 15) is 14.7 Å². The third-order valence-corrected chi connectivity index (χ3v) is 7.65. The molecule has 0 saturated carbocycles. The Morgan fingerprint density at radius 1 is 1.32 bits per heavy atom. The van der Waals surface area contributed by atoms with Gasteiger partial charge in [0.05, 0.1) is 28.0 Å². The third kappa shape index (κ3) is 7.57. The van der Waals surface area contributed by atoms with E-state index < -0.39 is 11.4 Å². The van der Waals surface area contributed by atoms with Gasteiger partial charge in [0, 0.05) is 50.3 Å². The molecular weight excluding hydrogens is 534 g/mol. The van der Waals surface area contributed by atoms with Gasteiger partial charge in [-0.15, -0.1) is 0 Å². The number of hydrogen-bond donors (Lipinski definition) is 4. The minimum atomic E-state index is -0.782. The highest BCUT2D eigenvalue weighted by Crippen LogP contribution is 2.34. The fourth-order valence-electron chi connectivity index (χ4n) is 4.05. The average molecular weight is 572 g/mol. The normalized spacial score (nSPS) is 15.8. The Morgan fingerprint density at radius 2 is 2.05 bits per heavy atom. The van der Waals surface area contributed by atoms with Crippen LogP contribution in [0.3, 0.4) is 0 Å². The molecule has 0 unspecified atom stereocenters. The van der Waals surface area contributed by atoms with Crippen molar-refractivity contribution >= 4 is 56.2 Å². The summed E-state index contributed by atoms with van der Waals surface area (Å²) in [6.07, 6.45) is 4.09. The van der Waals surface area contributed by atoms with E-state index in [2.05, 4.69) is 32.3 Å². The highest BCUT2D eigenvalue weighted by atomic mass is 32.1. The maximum atomic E-state index is 12.1. The van der Waals surface area contributed by atoms with Gasteiger partial charge in [-0.1, -0.05) is 23.1 Å². The van der Waals surface area contributed by atoms with Crippen LogP contribution in [0.4, 0.5) is 9.93 Å². The number of carbonyl (C=O) groups excluding carboxylic acids is 1. The molecule has 40 heavy (non-hydrogen) atoms. The topological polar surface area (TPSA) is 164 Å². The van der Waals surface area contributed by atoms with Gasteiger partial charge in [0.2, 0.25) is 0 Å². The zero-order chi connectivity index (χ0) is 29.3. The lowest BCUT2D eigenvalue weighted by atomic mass is 9.80. The molecule has 1 aliphatic rings. The fourth-order valence-corrected chi connectivity index (χ4v) is 5.05. The molecule has 1 aromatic carbocycles. The number of nitrogens with zero attached hydrogens (tertiary/aromatic N) is 4. The number of allylic oxidation sites excluding steroid dienone is 1. The number of aliphatic carboxylic acids is 1. The average Bonchev–Trinajstić information content (AvgIpc) is 3.33. The second kappa shape index (κ2) is 13.9. The van der Waals surface area contributed by atoms with Gasteiger partial charge < -0.3 is 30.6 Å². The van der Waals surface area contributed by atoms with E-state index >= 15 is 0 Å². The molecule has 2 aromatic rings. The zero-order valence-corrected chi connectivity index (χ0v) is 24.1. The summed E-state index contributed by atoms with van der Waals surface area (Å²) in [5.74, 6) is -0.255. The number of thiazole rings is 1. The number of urea groups is 1. The van der Waals surface area contributed by atoms with E-state index in [1.807, 2.05) is 30.9 Å². The number of oxime groups is 1. The van der Waals surface area contributed by atoms with Crippen molar-refractivity contribution in [3.05, 3.63) is 41.9 Å². The largest absolute Gasteiger partial charge is 0.481 e. The molecule has 12 nitrogen and oxygen atoms in total. The zero-order valence-electron chi connectivity index (χ0n) is 23.3. The van der Waals surface area contributed by atoms with Crippen molar-refractivity contribution < 1.29 is 24.3 Å². The smallest absolute Gasteiger partial charge is 0.321 e. The summed E-state index contributed by atoms with van der Waals surface area (Å²) >= 11 is 1.33. The standard InChI is InChI=1S/C27H37N7O5S/c1-6-29-25(37)32-26-31-22-14-19(13-21(23(22)40-26)17(2)33-39-12-11-38-5)20(15-28)16-30-18(3)34-9-7-27(4,8-10-34)24(35)36/h13-16H,3,6-12,28H2,1-2,4-5H3,(H,35,36)(H2,29,31,32,37)/b20-15+,30-16-,33-17+. The van der Waals surface area contributed by atoms with Crippen LogP contribution in [0, 0.1) is 5.41 Å². The maximum Gasteiger partial charge on any atom is 0.321 e. The minimum absolute atomic E-state index is 0.300. The monoisotopic (exact) mass is 571 g/mol. The highest BCUT2D eigenvalue weighted by molar-refractivity contribution is 7.22. The number of nitrogens with two attached hydrogens (primary N) is 1. The van der Waals surface area contributed by atoms with E-state index in [1.165, 1.54) is 17.5 Å². The fraction of sp³-hybridized carbons (Fsp3) is 0.444. The maximum absolute atomic E-state index is 12.1. The first-order chi connectivity index (χ1) is 19.1. The first-order valence-corrected chi connectivity index (χ1v) is 13.7. The van der Waals surface area contributed by atoms with E-state index in [0.717, 1.165) is 15.8 Å². The van der Waals surface area contributed by atoms with Gasteiger partial charge in [0.25, 0.3) is 0 Å². The second-order valence-corrected chi connectivity index (χ2v) is 10.5. The number of piperidine rings is 1. The molecule has 2 heterocycles. The first-order valence-electron chi connectivity index (χ1n) is 12.9. The van der Waals surface area contributed by atoms with Crippen LogP contribution >= 0.6 is 11.3 Å². The second-order valence-electron chi connectivity index (χ2n) is 9.53. The predicted molar refractivity (Wildman–Crippen MR) is 159 cm³/mol. The number of fused-ring (bicyclic) bond motifs is 1. The van der Waals surface area contributed by atoms with Gasteiger partial charge in [-0.05, 0) is 51.3 Å². The van der Waals surface area contributed by atoms with Crippen LogP contribution in [0.1, 0.15) is 44.7 Å².